The van der Waals surface area contributed by atoms with Crippen LogP contribution in [0.5, 0.6) is 0 Å². The number of hydrogen-bond acceptors (Lipinski definition) is 4. The van der Waals surface area contributed by atoms with Gasteiger partial charge in [0.25, 0.3) is 0 Å². The summed E-state index contributed by atoms with van der Waals surface area (Å²) in [6.45, 7) is 4.00. The first kappa shape index (κ1) is 38.3. The van der Waals surface area contributed by atoms with E-state index in [1.165, 1.54) is 25.7 Å². The first-order valence-electron chi connectivity index (χ1n) is 19.4. The Morgan fingerprint density at radius 1 is 0.375 bits per heavy atom. The zero-order chi connectivity index (χ0) is 38.5. The number of benzene rings is 7. The van der Waals surface area contributed by atoms with Crippen LogP contribution in [-0.2, 0) is 20.7 Å². The van der Waals surface area contributed by atoms with Crippen LogP contribution in [0.15, 0.2) is 170 Å². The van der Waals surface area contributed by atoms with Crippen molar-refractivity contribution in [2.45, 2.75) is 36.9 Å². The van der Waals surface area contributed by atoms with Crippen molar-refractivity contribution in [3.05, 3.63) is 203 Å². The number of aliphatic hydroxyl groups is 2. The minimum atomic E-state index is -1.47. The lowest BCUT2D eigenvalue weighted by Crippen LogP contribution is -2.25. The van der Waals surface area contributed by atoms with Crippen LogP contribution in [-0.4, -0.2) is 36.6 Å². The average molecular weight is 735 g/mol. The van der Waals surface area contributed by atoms with Crippen LogP contribution >= 0.6 is 0 Å². The van der Waals surface area contributed by atoms with Crippen molar-refractivity contribution >= 4 is 21.5 Å². The van der Waals surface area contributed by atoms with E-state index in [1.807, 2.05) is 146 Å². The van der Waals surface area contributed by atoms with Crippen LogP contribution in [0.3, 0.4) is 0 Å². The third-order valence-electron chi connectivity index (χ3n) is 10.1. The van der Waals surface area contributed by atoms with Gasteiger partial charge in [0.05, 0.1) is 0 Å². The molecule has 2 N–H and O–H groups in total. The van der Waals surface area contributed by atoms with E-state index < -0.39 is 11.2 Å². The third kappa shape index (κ3) is 9.10. The van der Waals surface area contributed by atoms with Crippen LogP contribution in [0.25, 0.3) is 21.5 Å². The van der Waals surface area contributed by atoms with Crippen LogP contribution < -0.4 is 0 Å². The second-order valence-corrected chi connectivity index (χ2v) is 13.9. The van der Waals surface area contributed by atoms with Crippen molar-refractivity contribution in [2.75, 3.05) is 26.4 Å². The summed E-state index contributed by atoms with van der Waals surface area (Å²) in [5.41, 5.74) is 1.56. The van der Waals surface area contributed by atoms with Gasteiger partial charge in [-0.1, -0.05) is 169 Å². The van der Waals surface area contributed by atoms with Crippen LogP contribution in [0.2, 0.25) is 0 Å². The maximum atomic E-state index is 12.0. The maximum absolute atomic E-state index is 12.0. The fraction of sp³-hybridized carbons (Fsp3) is 0.192. The summed E-state index contributed by atoms with van der Waals surface area (Å²) >= 11 is 0. The molecule has 0 atom stereocenters. The molecule has 9 rings (SSSR count). The van der Waals surface area contributed by atoms with E-state index in [2.05, 4.69) is 47.9 Å². The van der Waals surface area contributed by atoms with Crippen molar-refractivity contribution in [3.63, 3.8) is 0 Å². The predicted molar refractivity (Wildman–Crippen MR) is 227 cm³/mol. The fourth-order valence-electron chi connectivity index (χ4n) is 6.94. The van der Waals surface area contributed by atoms with Crippen molar-refractivity contribution in [2.24, 2.45) is 0 Å². The van der Waals surface area contributed by atoms with Gasteiger partial charge in [-0.15, -0.1) is 0 Å². The molecule has 0 amide bonds. The van der Waals surface area contributed by atoms with Gasteiger partial charge in [-0.25, -0.2) is 0 Å². The molecule has 0 aliphatic carbocycles. The lowest BCUT2D eigenvalue weighted by molar-refractivity contribution is 0.145. The highest BCUT2D eigenvalue weighted by Gasteiger charge is 2.30. The van der Waals surface area contributed by atoms with E-state index in [4.69, 9.17) is 9.47 Å². The van der Waals surface area contributed by atoms with E-state index in [0.717, 1.165) is 59.1 Å². The Bertz CT molecular complexity index is 2180. The molecule has 4 heteroatoms. The molecule has 2 heterocycles. The Hall–Kier alpha value is -5.98. The Labute approximate surface area is 330 Å². The smallest absolute Gasteiger partial charge is 0.177 e. The van der Waals surface area contributed by atoms with Crippen molar-refractivity contribution < 1.29 is 19.7 Å². The van der Waals surface area contributed by atoms with E-state index in [-0.39, 0.29) is 0 Å². The molecule has 0 unspecified atom stereocenters. The summed E-state index contributed by atoms with van der Waals surface area (Å²) in [6, 6.07) is 54.6. The summed E-state index contributed by atoms with van der Waals surface area (Å²) < 4.78 is 9.89. The van der Waals surface area contributed by atoms with E-state index >= 15 is 0 Å². The van der Waals surface area contributed by atoms with Gasteiger partial charge in [-0.05, 0) is 71.5 Å². The second kappa shape index (κ2) is 18.6. The highest BCUT2D eigenvalue weighted by Crippen LogP contribution is 2.32. The van der Waals surface area contributed by atoms with E-state index in [1.54, 1.807) is 0 Å². The number of ether oxygens (including phenoxy) is 2. The van der Waals surface area contributed by atoms with Crippen molar-refractivity contribution in [3.8, 4) is 23.7 Å². The first-order chi connectivity index (χ1) is 27.5. The average Bonchev–Trinajstić information content (AvgIpc) is 4.07. The number of hydrogen-bond donors (Lipinski definition) is 2. The predicted octanol–water partition coefficient (Wildman–Crippen LogP) is 10.2. The van der Waals surface area contributed by atoms with E-state index in [9.17, 15) is 10.2 Å². The van der Waals surface area contributed by atoms with Crippen LogP contribution in [0.4, 0.5) is 0 Å². The van der Waals surface area contributed by atoms with Crippen molar-refractivity contribution in [1.29, 1.82) is 0 Å². The number of fused-ring (bicyclic) bond motifs is 2. The minimum Gasteiger partial charge on any atom is -0.381 e. The van der Waals surface area contributed by atoms with Crippen molar-refractivity contribution in [1.82, 2.24) is 0 Å². The second-order valence-electron chi connectivity index (χ2n) is 13.9. The summed E-state index contributed by atoms with van der Waals surface area (Å²) in [7, 11) is 0. The maximum Gasteiger partial charge on any atom is 0.177 e. The topological polar surface area (TPSA) is 58.9 Å². The monoisotopic (exact) mass is 734 g/mol. The quantitative estimate of drug-likeness (QED) is 0.140. The van der Waals surface area contributed by atoms with Gasteiger partial charge in [0, 0.05) is 59.8 Å². The molecule has 2 aliphatic heterocycles. The molecule has 2 aliphatic rings. The molecule has 7 aromatic rings. The van der Waals surface area contributed by atoms with Crippen LogP contribution in [0, 0.1) is 23.7 Å². The highest BCUT2D eigenvalue weighted by atomic mass is 16.5. The summed E-state index contributed by atoms with van der Waals surface area (Å²) in [6.07, 6.45) is 5.11. The molecule has 278 valence electrons. The molecule has 0 saturated carbocycles. The SMILES string of the molecule is C1CCOC1.C1CCOC1.OC(C#Cc1cccc2cc3c(C#CC(O)(c4ccccc4)c4ccccc4)cccc3cc12)(c1ccccc1)c1ccccc1. The molecule has 0 bridgehead atoms. The Balaban J connectivity index is 0.000000418. The zero-order valence-electron chi connectivity index (χ0n) is 31.5. The molecular weight excluding hydrogens is 689 g/mol. The van der Waals surface area contributed by atoms with E-state index in [0.29, 0.717) is 22.3 Å². The third-order valence-corrected chi connectivity index (χ3v) is 10.1. The van der Waals surface area contributed by atoms with Gasteiger partial charge in [-0.2, -0.15) is 0 Å². The van der Waals surface area contributed by atoms with Gasteiger partial charge < -0.3 is 19.7 Å². The normalized spacial score (nSPS) is 13.6. The standard InChI is InChI=1S/C44H30O2.2C4H8O/c45-43(37-19-5-1-6-20-37,38-21-7-2-8-22-38)29-27-33-15-13-17-35-32-42-34(16-14-18-36(42)31-41(33)35)28-30-44(46,39-23-9-3-10-24-39)40-25-11-4-12-26-40;2*1-2-4-5-3-1/h1-26,31-32,45-46H;2*1-4H2. The molecule has 56 heavy (non-hydrogen) atoms. The zero-order valence-corrected chi connectivity index (χ0v) is 31.5. The van der Waals surface area contributed by atoms with Gasteiger partial charge in [-0.3, -0.25) is 0 Å². The lowest BCUT2D eigenvalue weighted by Gasteiger charge is -2.23. The molecule has 0 spiro atoms. The summed E-state index contributed by atoms with van der Waals surface area (Å²) in [4.78, 5) is 0. The molecule has 4 nitrogen and oxygen atoms in total. The Morgan fingerprint density at radius 2 is 0.679 bits per heavy atom. The molecule has 7 aromatic carbocycles. The van der Waals surface area contributed by atoms with Gasteiger partial charge in [0.15, 0.2) is 11.2 Å². The van der Waals surface area contributed by atoms with Gasteiger partial charge >= 0.3 is 0 Å². The molecule has 0 aromatic heterocycles. The minimum absolute atomic E-state index is 0.716. The van der Waals surface area contributed by atoms with Crippen LogP contribution in [0.1, 0.15) is 59.1 Å². The molecule has 0 radical (unpaired) electrons. The summed E-state index contributed by atoms with van der Waals surface area (Å²) in [5, 5.41) is 27.9. The highest BCUT2D eigenvalue weighted by molar-refractivity contribution is 6.02. The van der Waals surface area contributed by atoms with Gasteiger partial charge in [0.2, 0.25) is 0 Å². The first-order valence-corrected chi connectivity index (χ1v) is 19.4. The largest absolute Gasteiger partial charge is 0.381 e. The fourth-order valence-corrected chi connectivity index (χ4v) is 6.94. The summed E-state index contributed by atoms with van der Waals surface area (Å²) in [5.74, 6) is 13.1. The Kier molecular flexibility index (Phi) is 12.7. The molecule has 2 fully saturated rings. The molecule has 2 saturated heterocycles. The lowest BCUT2D eigenvalue weighted by atomic mass is 9.86. The number of rotatable bonds is 4. The molecular formula is C52H46O4. The van der Waals surface area contributed by atoms with Gasteiger partial charge in [0.1, 0.15) is 0 Å². The Morgan fingerprint density at radius 3 is 0.946 bits per heavy atom.